The molecule has 0 aliphatic heterocycles. The summed E-state index contributed by atoms with van der Waals surface area (Å²) in [5.74, 6) is 4.13. The van der Waals surface area contributed by atoms with E-state index in [2.05, 4.69) is 21.5 Å². The Morgan fingerprint density at radius 1 is 1.60 bits per heavy atom. The molecule has 108 valence electrons. The molecule has 1 aliphatic rings. The van der Waals surface area contributed by atoms with Gasteiger partial charge < -0.3 is 16.4 Å². The van der Waals surface area contributed by atoms with Crippen LogP contribution in [-0.2, 0) is 0 Å². The first kappa shape index (κ1) is 15.0. The van der Waals surface area contributed by atoms with Gasteiger partial charge in [0.05, 0.1) is 5.75 Å². The summed E-state index contributed by atoms with van der Waals surface area (Å²) in [4.78, 5) is 16.7. The average Bonchev–Trinajstić information content (AvgIpc) is 2.75. The fourth-order valence-corrected chi connectivity index (χ4v) is 3.12. The van der Waals surface area contributed by atoms with Gasteiger partial charge in [-0.2, -0.15) is 0 Å². The van der Waals surface area contributed by atoms with Gasteiger partial charge in [-0.05, 0) is 19.3 Å². The van der Waals surface area contributed by atoms with Gasteiger partial charge >= 0.3 is 0 Å². The molecule has 1 aromatic heterocycles. The van der Waals surface area contributed by atoms with Crippen molar-refractivity contribution in [3.05, 3.63) is 4.88 Å². The van der Waals surface area contributed by atoms with Crippen LogP contribution in [0.2, 0.25) is 0 Å². The van der Waals surface area contributed by atoms with Crippen molar-refractivity contribution in [3.8, 4) is 12.3 Å². The van der Waals surface area contributed by atoms with E-state index in [9.17, 15) is 4.79 Å². The second-order valence-corrected chi connectivity index (χ2v) is 6.62. The lowest BCUT2D eigenvalue weighted by Crippen LogP contribution is -2.26. The van der Waals surface area contributed by atoms with Crippen molar-refractivity contribution in [1.82, 2.24) is 10.3 Å². The third kappa shape index (κ3) is 4.05. The van der Waals surface area contributed by atoms with E-state index in [4.69, 9.17) is 12.2 Å². The lowest BCUT2D eigenvalue weighted by molar-refractivity contribution is 0.0961. The van der Waals surface area contributed by atoms with Crippen molar-refractivity contribution in [3.63, 3.8) is 0 Å². The van der Waals surface area contributed by atoms with Crippen LogP contribution in [0.4, 0.5) is 10.9 Å². The molecule has 1 heterocycles. The maximum atomic E-state index is 12.0. The molecular formula is C13H18N4OS2. The van der Waals surface area contributed by atoms with Gasteiger partial charge in [-0.3, -0.25) is 4.79 Å². The predicted octanol–water partition coefficient (Wildman–Crippen LogP) is 1.79. The number of nitrogens with one attached hydrogen (secondary N) is 2. The summed E-state index contributed by atoms with van der Waals surface area (Å²) < 4.78 is 0. The van der Waals surface area contributed by atoms with Gasteiger partial charge in [-0.15, -0.1) is 18.2 Å². The lowest BCUT2D eigenvalue weighted by atomic mass is 9.93. The number of carbonyl (C=O) groups is 1. The van der Waals surface area contributed by atoms with E-state index < -0.39 is 0 Å². The number of aromatic nitrogens is 1. The van der Waals surface area contributed by atoms with Crippen LogP contribution in [-0.4, -0.2) is 35.0 Å². The van der Waals surface area contributed by atoms with Gasteiger partial charge in [0.2, 0.25) is 0 Å². The number of anilines is 2. The van der Waals surface area contributed by atoms with Crippen molar-refractivity contribution in [1.29, 1.82) is 0 Å². The fraction of sp³-hybridized carbons (Fsp3) is 0.538. The monoisotopic (exact) mass is 310 g/mol. The Kier molecular flexibility index (Phi) is 5.56. The summed E-state index contributed by atoms with van der Waals surface area (Å²) in [7, 11) is 0. The molecule has 0 spiro atoms. The predicted molar refractivity (Wildman–Crippen MR) is 86.3 cm³/mol. The highest BCUT2D eigenvalue weighted by atomic mass is 32.2. The standard InChI is InChI=1S/C13H18N4OS2/c1-2-7-19-8-6-15-12(18)10-11(14)17-13(20-10)16-9-4-3-5-9/h1,9H,3-8,14H2,(H,15,18)(H,16,17). The Morgan fingerprint density at radius 3 is 3.05 bits per heavy atom. The van der Waals surface area contributed by atoms with Crippen molar-refractivity contribution in [2.24, 2.45) is 0 Å². The maximum Gasteiger partial charge on any atom is 0.265 e. The van der Waals surface area contributed by atoms with E-state index in [1.165, 1.54) is 17.8 Å². The van der Waals surface area contributed by atoms with Gasteiger partial charge in [-0.25, -0.2) is 4.98 Å². The molecule has 0 atom stereocenters. The first-order valence-electron chi connectivity index (χ1n) is 6.53. The first-order valence-corrected chi connectivity index (χ1v) is 8.50. The Hall–Kier alpha value is -1.39. The summed E-state index contributed by atoms with van der Waals surface area (Å²) in [5.41, 5.74) is 5.80. The number of terminal acetylenes is 1. The molecule has 0 bridgehead atoms. The van der Waals surface area contributed by atoms with Crippen molar-refractivity contribution in [2.75, 3.05) is 29.1 Å². The molecule has 1 amide bonds. The Labute approximate surface area is 127 Å². The number of nitrogens with two attached hydrogens (primary N) is 1. The van der Waals surface area contributed by atoms with Crippen LogP contribution in [0.1, 0.15) is 28.9 Å². The summed E-state index contributed by atoms with van der Waals surface area (Å²) in [6, 6.07) is 0.483. The molecule has 1 aromatic rings. The third-order valence-electron chi connectivity index (χ3n) is 3.01. The van der Waals surface area contributed by atoms with E-state index in [1.54, 1.807) is 11.8 Å². The Balaban J connectivity index is 1.81. The third-order valence-corrected chi connectivity index (χ3v) is 4.87. The van der Waals surface area contributed by atoms with E-state index in [0.29, 0.717) is 29.0 Å². The van der Waals surface area contributed by atoms with E-state index >= 15 is 0 Å². The van der Waals surface area contributed by atoms with Crippen molar-refractivity contribution in [2.45, 2.75) is 25.3 Å². The molecule has 20 heavy (non-hydrogen) atoms. The highest BCUT2D eigenvalue weighted by Gasteiger charge is 2.21. The van der Waals surface area contributed by atoms with Crippen LogP contribution in [0.15, 0.2) is 0 Å². The first-order chi connectivity index (χ1) is 9.70. The number of thioether (sulfide) groups is 1. The number of rotatable bonds is 7. The number of amides is 1. The average molecular weight is 310 g/mol. The Bertz CT molecular complexity index is 505. The molecule has 0 unspecified atom stereocenters. The van der Waals surface area contributed by atoms with Crippen LogP contribution in [0.25, 0.3) is 0 Å². The Morgan fingerprint density at radius 2 is 2.40 bits per heavy atom. The molecule has 1 fully saturated rings. The van der Waals surface area contributed by atoms with Crippen molar-refractivity contribution < 1.29 is 4.79 Å². The minimum absolute atomic E-state index is 0.164. The number of carbonyl (C=O) groups excluding carboxylic acids is 1. The molecule has 7 heteroatoms. The summed E-state index contributed by atoms with van der Waals surface area (Å²) in [5, 5.41) is 6.86. The summed E-state index contributed by atoms with van der Waals surface area (Å²) >= 11 is 2.93. The molecule has 0 aromatic carbocycles. The van der Waals surface area contributed by atoms with Gasteiger partial charge in [0.15, 0.2) is 5.13 Å². The number of nitrogen functional groups attached to an aromatic ring is 1. The molecule has 0 saturated heterocycles. The van der Waals surface area contributed by atoms with E-state index in [0.717, 1.165) is 23.7 Å². The topological polar surface area (TPSA) is 80.0 Å². The fourth-order valence-electron chi connectivity index (χ4n) is 1.73. The van der Waals surface area contributed by atoms with E-state index in [1.807, 2.05) is 0 Å². The number of nitrogens with zero attached hydrogens (tertiary/aromatic N) is 1. The highest BCUT2D eigenvalue weighted by Crippen LogP contribution is 2.29. The van der Waals surface area contributed by atoms with Crippen LogP contribution in [0.3, 0.4) is 0 Å². The molecule has 5 nitrogen and oxygen atoms in total. The maximum absolute atomic E-state index is 12.0. The van der Waals surface area contributed by atoms with Crippen LogP contribution >= 0.6 is 23.1 Å². The minimum atomic E-state index is -0.164. The molecular weight excluding hydrogens is 292 g/mol. The zero-order chi connectivity index (χ0) is 14.4. The molecule has 1 aliphatic carbocycles. The van der Waals surface area contributed by atoms with Crippen LogP contribution in [0.5, 0.6) is 0 Å². The minimum Gasteiger partial charge on any atom is -0.382 e. The van der Waals surface area contributed by atoms with Gasteiger partial charge in [0, 0.05) is 18.3 Å². The summed E-state index contributed by atoms with van der Waals surface area (Å²) in [6.45, 7) is 0.577. The van der Waals surface area contributed by atoms with Crippen LogP contribution in [0, 0.1) is 12.3 Å². The molecule has 4 N–H and O–H groups in total. The number of hydrogen-bond acceptors (Lipinski definition) is 6. The number of thiazole rings is 1. The normalized spacial score (nSPS) is 14.3. The smallest absolute Gasteiger partial charge is 0.265 e. The second kappa shape index (κ2) is 7.41. The quantitative estimate of drug-likeness (QED) is 0.528. The van der Waals surface area contributed by atoms with Gasteiger partial charge in [-0.1, -0.05) is 17.3 Å². The van der Waals surface area contributed by atoms with Gasteiger partial charge in [0.25, 0.3) is 5.91 Å². The largest absolute Gasteiger partial charge is 0.382 e. The molecule has 1 saturated carbocycles. The highest BCUT2D eigenvalue weighted by molar-refractivity contribution is 7.99. The molecule has 0 radical (unpaired) electrons. The SMILES string of the molecule is C#CCSCCNC(=O)c1sc(NC2CCC2)nc1N. The van der Waals surface area contributed by atoms with E-state index in [-0.39, 0.29) is 5.91 Å². The zero-order valence-electron chi connectivity index (χ0n) is 11.1. The number of hydrogen-bond donors (Lipinski definition) is 3. The van der Waals surface area contributed by atoms with Crippen LogP contribution < -0.4 is 16.4 Å². The molecule has 2 rings (SSSR count). The van der Waals surface area contributed by atoms with Gasteiger partial charge in [0.1, 0.15) is 10.7 Å². The summed E-state index contributed by atoms with van der Waals surface area (Å²) in [6.07, 6.45) is 8.72. The lowest BCUT2D eigenvalue weighted by Gasteiger charge is -2.25. The second-order valence-electron chi connectivity index (χ2n) is 4.52. The van der Waals surface area contributed by atoms with Crippen molar-refractivity contribution >= 4 is 40.0 Å². The zero-order valence-corrected chi connectivity index (χ0v) is 12.8.